The predicted molar refractivity (Wildman–Crippen MR) is 135 cm³/mol. The van der Waals surface area contributed by atoms with E-state index in [2.05, 4.69) is 17.1 Å². The van der Waals surface area contributed by atoms with Crippen LogP contribution in [0.2, 0.25) is 9.36 Å². The van der Waals surface area contributed by atoms with Crippen LogP contribution in [0.1, 0.15) is 33.0 Å². The zero-order valence-electron chi connectivity index (χ0n) is 18.2. The van der Waals surface area contributed by atoms with E-state index >= 15 is 0 Å². The molecule has 0 unspecified atom stereocenters. The number of sulfonamides is 1. The highest BCUT2D eigenvalue weighted by molar-refractivity contribution is 7.92. The van der Waals surface area contributed by atoms with E-state index in [9.17, 15) is 13.2 Å². The van der Waals surface area contributed by atoms with Crippen LogP contribution >= 0.6 is 34.5 Å². The van der Waals surface area contributed by atoms with E-state index in [1.54, 1.807) is 11.5 Å². The van der Waals surface area contributed by atoms with Crippen molar-refractivity contribution in [2.45, 2.75) is 30.5 Å². The standard InChI is InChI=1S/C24H21Cl2N3O3S2/c1-16-27-21(24(30)28-34(31,32)23-12-11-22(26)33-23)15-29(16)14-19-10-9-18(13-20(19)25)8-7-17-5-3-2-4-6-17/h2-6,9-13,15H,7-8,14H2,1H3,(H,28,30). The summed E-state index contributed by atoms with van der Waals surface area (Å²) in [6.07, 6.45) is 3.32. The van der Waals surface area contributed by atoms with Gasteiger partial charge in [-0.3, -0.25) is 4.79 Å². The van der Waals surface area contributed by atoms with Crippen LogP contribution in [-0.4, -0.2) is 23.9 Å². The highest BCUT2D eigenvalue weighted by Crippen LogP contribution is 2.25. The molecule has 2 aromatic carbocycles. The fraction of sp³-hybridized carbons (Fsp3) is 0.167. The molecule has 0 spiro atoms. The average Bonchev–Trinajstić information content (AvgIpc) is 3.41. The van der Waals surface area contributed by atoms with Crippen molar-refractivity contribution in [2.24, 2.45) is 0 Å². The fourth-order valence-electron chi connectivity index (χ4n) is 3.44. The number of amides is 1. The summed E-state index contributed by atoms with van der Waals surface area (Å²) in [5.41, 5.74) is 3.28. The molecular weight excluding hydrogens is 513 g/mol. The number of nitrogens with zero attached hydrogens (tertiary/aromatic N) is 2. The van der Waals surface area contributed by atoms with Gasteiger partial charge in [-0.15, -0.1) is 11.3 Å². The lowest BCUT2D eigenvalue weighted by atomic mass is 10.0. The zero-order valence-corrected chi connectivity index (χ0v) is 21.3. The third-order valence-electron chi connectivity index (χ3n) is 5.25. The number of imidazole rings is 1. The maximum absolute atomic E-state index is 12.5. The van der Waals surface area contributed by atoms with Crippen molar-refractivity contribution in [3.8, 4) is 0 Å². The van der Waals surface area contributed by atoms with Gasteiger partial charge in [-0.2, -0.15) is 0 Å². The Balaban J connectivity index is 1.43. The number of hydrogen-bond acceptors (Lipinski definition) is 5. The van der Waals surface area contributed by atoms with Gasteiger partial charge < -0.3 is 4.57 Å². The molecular formula is C24H21Cl2N3O3S2. The van der Waals surface area contributed by atoms with E-state index in [4.69, 9.17) is 23.2 Å². The number of halogens is 2. The molecule has 176 valence electrons. The van der Waals surface area contributed by atoms with Gasteiger partial charge in [-0.25, -0.2) is 18.1 Å². The minimum atomic E-state index is -4.02. The van der Waals surface area contributed by atoms with Crippen LogP contribution in [0.3, 0.4) is 0 Å². The van der Waals surface area contributed by atoms with Crippen LogP contribution in [-0.2, 0) is 29.4 Å². The van der Waals surface area contributed by atoms with E-state index in [-0.39, 0.29) is 9.90 Å². The Kier molecular flexibility index (Phi) is 7.42. The molecule has 4 rings (SSSR count). The highest BCUT2D eigenvalue weighted by Gasteiger charge is 2.23. The summed E-state index contributed by atoms with van der Waals surface area (Å²) in [6.45, 7) is 2.14. The van der Waals surface area contributed by atoms with Crippen molar-refractivity contribution in [3.63, 3.8) is 0 Å². The third-order valence-corrected chi connectivity index (χ3v) is 8.66. The molecule has 1 N–H and O–H groups in total. The molecule has 0 radical (unpaired) electrons. The molecule has 6 nitrogen and oxygen atoms in total. The molecule has 1 amide bonds. The zero-order chi connectivity index (χ0) is 24.3. The van der Waals surface area contributed by atoms with Gasteiger partial charge in [0.2, 0.25) is 0 Å². The molecule has 2 heterocycles. The number of carbonyl (C=O) groups excluding carboxylic acids is 1. The van der Waals surface area contributed by atoms with Crippen molar-refractivity contribution in [1.29, 1.82) is 0 Å². The van der Waals surface area contributed by atoms with E-state index in [0.29, 0.717) is 21.7 Å². The smallest absolute Gasteiger partial charge is 0.285 e. The van der Waals surface area contributed by atoms with Crippen LogP contribution in [0.5, 0.6) is 0 Å². The van der Waals surface area contributed by atoms with E-state index in [1.807, 2.05) is 41.1 Å². The predicted octanol–water partition coefficient (Wildman–Crippen LogP) is 5.51. The van der Waals surface area contributed by atoms with Crippen molar-refractivity contribution in [1.82, 2.24) is 14.3 Å². The molecule has 10 heteroatoms. The molecule has 0 aliphatic rings. The Morgan fingerprint density at radius 1 is 1.03 bits per heavy atom. The molecule has 0 saturated heterocycles. The summed E-state index contributed by atoms with van der Waals surface area (Å²) in [5.74, 6) is -0.250. The lowest BCUT2D eigenvalue weighted by Gasteiger charge is -2.09. The minimum Gasteiger partial charge on any atom is -0.330 e. The average molecular weight is 534 g/mol. The van der Waals surface area contributed by atoms with Gasteiger partial charge in [0.05, 0.1) is 10.9 Å². The number of benzene rings is 2. The summed E-state index contributed by atoms with van der Waals surface area (Å²) in [6, 6.07) is 19.0. The summed E-state index contributed by atoms with van der Waals surface area (Å²) >= 11 is 13.2. The maximum atomic E-state index is 12.5. The van der Waals surface area contributed by atoms with E-state index in [0.717, 1.165) is 35.3 Å². The van der Waals surface area contributed by atoms with Crippen LogP contribution < -0.4 is 4.72 Å². The van der Waals surface area contributed by atoms with Crippen LogP contribution in [0.15, 0.2) is 71.1 Å². The molecule has 2 aromatic heterocycles. The molecule has 0 fully saturated rings. The molecule has 0 atom stereocenters. The highest BCUT2D eigenvalue weighted by atomic mass is 35.5. The number of hydrogen-bond donors (Lipinski definition) is 1. The largest absolute Gasteiger partial charge is 0.330 e. The topological polar surface area (TPSA) is 81.1 Å². The monoisotopic (exact) mass is 533 g/mol. The number of carbonyl (C=O) groups is 1. The van der Waals surface area contributed by atoms with Gasteiger partial charge in [0.1, 0.15) is 15.7 Å². The number of thiophene rings is 1. The SMILES string of the molecule is Cc1nc(C(=O)NS(=O)(=O)c2ccc(Cl)s2)cn1Cc1ccc(CCc2ccccc2)cc1Cl. The van der Waals surface area contributed by atoms with Crippen LogP contribution in [0.25, 0.3) is 0 Å². The van der Waals surface area contributed by atoms with Crippen LogP contribution in [0, 0.1) is 6.92 Å². The Bertz CT molecular complexity index is 1430. The van der Waals surface area contributed by atoms with E-state index < -0.39 is 15.9 Å². The number of aryl methyl sites for hydroxylation is 3. The lowest BCUT2D eigenvalue weighted by Crippen LogP contribution is -2.30. The maximum Gasteiger partial charge on any atom is 0.285 e. The van der Waals surface area contributed by atoms with Gasteiger partial charge in [0, 0.05) is 11.2 Å². The van der Waals surface area contributed by atoms with Crippen molar-refractivity contribution in [3.05, 3.63) is 104 Å². The summed E-state index contributed by atoms with van der Waals surface area (Å²) in [4.78, 5) is 16.8. The molecule has 0 aliphatic heterocycles. The van der Waals surface area contributed by atoms with Crippen molar-refractivity contribution < 1.29 is 13.2 Å². The lowest BCUT2D eigenvalue weighted by molar-refractivity contribution is 0.0977. The summed E-state index contributed by atoms with van der Waals surface area (Å²) < 4.78 is 28.9. The van der Waals surface area contributed by atoms with Gasteiger partial charge in [-0.1, -0.05) is 65.7 Å². The molecule has 34 heavy (non-hydrogen) atoms. The quantitative estimate of drug-likeness (QED) is 0.323. The van der Waals surface area contributed by atoms with Gasteiger partial charge in [0.25, 0.3) is 15.9 Å². The second kappa shape index (κ2) is 10.3. The second-order valence-electron chi connectivity index (χ2n) is 7.71. The Morgan fingerprint density at radius 2 is 1.76 bits per heavy atom. The molecule has 0 aliphatic carbocycles. The number of rotatable bonds is 8. The fourth-order valence-corrected chi connectivity index (χ4v) is 6.14. The Labute approximate surface area is 212 Å². The normalized spacial score (nSPS) is 11.5. The first kappa shape index (κ1) is 24.5. The van der Waals surface area contributed by atoms with Crippen molar-refractivity contribution in [2.75, 3.05) is 0 Å². The second-order valence-corrected chi connectivity index (χ2v) is 11.7. The summed E-state index contributed by atoms with van der Waals surface area (Å²) in [5, 5.41) is 0.627. The molecule has 0 bridgehead atoms. The van der Waals surface area contributed by atoms with Crippen LogP contribution in [0.4, 0.5) is 0 Å². The van der Waals surface area contributed by atoms with E-state index in [1.165, 1.54) is 23.9 Å². The number of aromatic nitrogens is 2. The van der Waals surface area contributed by atoms with Gasteiger partial charge in [0.15, 0.2) is 0 Å². The Hall–Kier alpha value is -2.65. The first-order valence-corrected chi connectivity index (χ1v) is 13.4. The van der Waals surface area contributed by atoms with Gasteiger partial charge in [-0.05, 0) is 54.7 Å². The first-order valence-electron chi connectivity index (χ1n) is 10.4. The van der Waals surface area contributed by atoms with Crippen molar-refractivity contribution >= 4 is 50.5 Å². The number of nitrogens with one attached hydrogen (secondary N) is 1. The van der Waals surface area contributed by atoms with Gasteiger partial charge >= 0.3 is 0 Å². The molecule has 4 aromatic rings. The summed E-state index contributed by atoms with van der Waals surface area (Å²) in [7, 11) is -4.02. The first-order chi connectivity index (χ1) is 16.2. The minimum absolute atomic E-state index is 0.000619. The molecule has 0 saturated carbocycles. The Morgan fingerprint density at radius 3 is 2.44 bits per heavy atom. The third kappa shape index (κ3) is 5.88.